The molecule has 0 saturated heterocycles. The van der Waals surface area contributed by atoms with Crippen LogP contribution in [-0.2, 0) is 6.54 Å². The lowest BCUT2D eigenvalue weighted by atomic mass is 10.1. The second-order valence-electron chi connectivity index (χ2n) is 4.12. The van der Waals surface area contributed by atoms with Crippen molar-refractivity contribution >= 4 is 5.97 Å². The second kappa shape index (κ2) is 5.92. The molecule has 0 aliphatic rings. The Kier molecular flexibility index (Phi) is 4.22. The number of aromatic nitrogens is 3. The monoisotopic (exact) mass is 301 g/mol. The number of aromatic carboxylic acids is 1. The predicted molar refractivity (Wildman–Crippen MR) is 64.0 cm³/mol. The van der Waals surface area contributed by atoms with E-state index in [0.717, 1.165) is 10.7 Å². The molecule has 0 spiro atoms. The number of benzene rings is 1. The summed E-state index contributed by atoms with van der Waals surface area (Å²) in [6.07, 6.45) is 0.209. The van der Waals surface area contributed by atoms with Crippen molar-refractivity contribution in [1.82, 2.24) is 15.0 Å². The molecule has 1 aromatic heterocycles. The van der Waals surface area contributed by atoms with Gasteiger partial charge < -0.3 is 10.2 Å². The Morgan fingerprint density at radius 1 is 1.24 bits per heavy atom. The summed E-state index contributed by atoms with van der Waals surface area (Å²) in [5, 5.41) is 24.7. The van der Waals surface area contributed by atoms with Gasteiger partial charge >= 0.3 is 5.97 Å². The number of aliphatic hydroxyl groups is 1. The van der Waals surface area contributed by atoms with E-state index >= 15 is 0 Å². The lowest BCUT2D eigenvalue weighted by molar-refractivity contribution is 0.0691. The largest absolute Gasteiger partial charge is 0.476 e. The number of aliphatic hydroxyl groups excluding tert-OH is 1. The van der Waals surface area contributed by atoms with Crippen LogP contribution in [0.5, 0.6) is 0 Å². The SMILES string of the molecule is O=C(O)c1nnn(CCCO)c1-c1ccc(F)c(F)c1F. The Bertz CT molecular complexity index is 688. The van der Waals surface area contributed by atoms with Gasteiger partial charge in [0.25, 0.3) is 0 Å². The number of carboxylic acids is 1. The standard InChI is InChI=1S/C12H10F3N3O3/c13-7-3-2-6(8(14)9(7)15)11-10(12(20)21)16-17-18(11)4-1-5-19/h2-3,19H,1,4-5H2,(H,20,21). The first kappa shape index (κ1) is 15.0. The van der Waals surface area contributed by atoms with E-state index in [0.29, 0.717) is 6.07 Å². The Morgan fingerprint density at radius 2 is 1.95 bits per heavy atom. The van der Waals surface area contributed by atoms with Crippen LogP contribution in [-0.4, -0.2) is 37.8 Å². The summed E-state index contributed by atoms with van der Waals surface area (Å²) in [6, 6.07) is 1.59. The lowest BCUT2D eigenvalue weighted by Crippen LogP contribution is -2.08. The molecular weight excluding hydrogens is 291 g/mol. The van der Waals surface area contributed by atoms with Gasteiger partial charge in [-0.15, -0.1) is 5.10 Å². The number of carbonyl (C=O) groups is 1. The summed E-state index contributed by atoms with van der Waals surface area (Å²) in [7, 11) is 0. The molecular formula is C12H10F3N3O3. The zero-order valence-electron chi connectivity index (χ0n) is 10.6. The van der Waals surface area contributed by atoms with Crippen molar-refractivity contribution in [1.29, 1.82) is 0 Å². The molecule has 6 nitrogen and oxygen atoms in total. The van der Waals surface area contributed by atoms with Gasteiger partial charge in [-0.25, -0.2) is 22.6 Å². The zero-order valence-corrected chi connectivity index (χ0v) is 10.6. The van der Waals surface area contributed by atoms with Crippen molar-refractivity contribution in [2.24, 2.45) is 0 Å². The van der Waals surface area contributed by atoms with Gasteiger partial charge in [-0.1, -0.05) is 5.21 Å². The Labute approximate surface area is 116 Å². The van der Waals surface area contributed by atoms with Crippen LogP contribution in [0.4, 0.5) is 13.2 Å². The molecule has 0 amide bonds. The van der Waals surface area contributed by atoms with Gasteiger partial charge in [-0.3, -0.25) is 0 Å². The van der Waals surface area contributed by atoms with Crippen LogP contribution in [0.15, 0.2) is 12.1 Å². The van der Waals surface area contributed by atoms with E-state index in [-0.39, 0.29) is 25.3 Å². The summed E-state index contributed by atoms with van der Waals surface area (Å²) in [4.78, 5) is 11.1. The van der Waals surface area contributed by atoms with Crippen molar-refractivity contribution in [2.75, 3.05) is 6.61 Å². The molecule has 1 heterocycles. The fourth-order valence-corrected chi connectivity index (χ4v) is 1.81. The smallest absolute Gasteiger partial charge is 0.358 e. The highest BCUT2D eigenvalue weighted by molar-refractivity contribution is 5.92. The Balaban J connectivity index is 2.63. The quantitative estimate of drug-likeness (QED) is 0.816. The molecule has 2 aromatic rings. The van der Waals surface area contributed by atoms with Gasteiger partial charge in [0.15, 0.2) is 23.1 Å². The molecule has 0 aliphatic carbocycles. The summed E-state index contributed by atoms with van der Waals surface area (Å²) < 4.78 is 41.1. The molecule has 0 saturated carbocycles. The maximum Gasteiger partial charge on any atom is 0.358 e. The predicted octanol–water partition coefficient (Wildman–Crippen LogP) is 1.44. The van der Waals surface area contributed by atoms with Crippen molar-refractivity contribution in [3.05, 3.63) is 35.3 Å². The van der Waals surface area contributed by atoms with Crippen LogP contribution in [0.1, 0.15) is 16.9 Å². The summed E-state index contributed by atoms with van der Waals surface area (Å²) >= 11 is 0. The zero-order chi connectivity index (χ0) is 15.6. The molecule has 0 aliphatic heterocycles. The van der Waals surface area contributed by atoms with E-state index in [4.69, 9.17) is 10.2 Å². The second-order valence-corrected chi connectivity index (χ2v) is 4.12. The maximum atomic E-state index is 13.8. The van der Waals surface area contributed by atoms with E-state index in [1.54, 1.807) is 0 Å². The van der Waals surface area contributed by atoms with E-state index in [2.05, 4.69) is 10.3 Å². The third kappa shape index (κ3) is 2.72. The molecule has 0 fully saturated rings. The molecule has 1 aromatic carbocycles. The average molecular weight is 301 g/mol. The first-order valence-corrected chi connectivity index (χ1v) is 5.89. The van der Waals surface area contributed by atoms with Gasteiger partial charge in [-0.2, -0.15) is 0 Å². The normalized spacial score (nSPS) is 10.9. The van der Waals surface area contributed by atoms with Crippen molar-refractivity contribution in [3.63, 3.8) is 0 Å². The van der Waals surface area contributed by atoms with Crippen LogP contribution < -0.4 is 0 Å². The first-order chi connectivity index (χ1) is 9.97. The third-order valence-corrected chi connectivity index (χ3v) is 2.76. The highest BCUT2D eigenvalue weighted by Gasteiger charge is 2.25. The minimum Gasteiger partial charge on any atom is -0.476 e. The fraction of sp³-hybridized carbons (Fsp3) is 0.250. The highest BCUT2D eigenvalue weighted by Crippen LogP contribution is 2.28. The molecule has 2 N–H and O–H groups in total. The van der Waals surface area contributed by atoms with Crippen molar-refractivity contribution < 1.29 is 28.2 Å². The van der Waals surface area contributed by atoms with Crippen molar-refractivity contribution in [3.8, 4) is 11.3 Å². The molecule has 0 bridgehead atoms. The number of aryl methyl sites for hydroxylation is 1. The van der Waals surface area contributed by atoms with Crippen molar-refractivity contribution in [2.45, 2.75) is 13.0 Å². The molecule has 0 unspecified atom stereocenters. The summed E-state index contributed by atoms with van der Waals surface area (Å²) in [5.41, 5.74) is -1.33. The number of rotatable bonds is 5. The van der Waals surface area contributed by atoms with Crippen LogP contribution in [0.2, 0.25) is 0 Å². The van der Waals surface area contributed by atoms with Crippen LogP contribution in [0, 0.1) is 17.5 Å². The van der Waals surface area contributed by atoms with Crippen LogP contribution in [0.25, 0.3) is 11.3 Å². The van der Waals surface area contributed by atoms with E-state index in [1.807, 2.05) is 0 Å². The topological polar surface area (TPSA) is 88.2 Å². The molecule has 9 heteroatoms. The average Bonchev–Trinajstić information content (AvgIpc) is 2.86. The number of halogens is 3. The number of hydrogen-bond donors (Lipinski definition) is 2. The molecule has 0 radical (unpaired) electrons. The maximum absolute atomic E-state index is 13.8. The first-order valence-electron chi connectivity index (χ1n) is 5.89. The van der Waals surface area contributed by atoms with Gasteiger partial charge in [0.2, 0.25) is 0 Å². The molecule has 112 valence electrons. The fourth-order valence-electron chi connectivity index (χ4n) is 1.81. The molecule has 21 heavy (non-hydrogen) atoms. The van der Waals surface area contributed by atoms with E-state index < -0.39 is 34.7 Å². The Hall–Kier alpha value is -2.42. The third-order valence-electron chi connectivity index (χ3n) is 2.76. The number of nitrogens with zero attached hydrogens (tertiary/aromatic N) is 3. The number of hydrogen-bond acceptors (Lipinski definition) is 4. The van der Waals surface area contributed by atoms with E-state index in [9.17, 15) is 18.0 Å². The minimum absolute atomic E-state index is 0.0462. The van der Waals surface area contributed by atoms with E-state index in [1.165, 1.54) is 0 Å². The van der Waals surface area contributed by atoms with Gasteiger partial charge in [0.05, 0.1) is 0 Å². The van der Waals surface area contributed by atoms with Gasteiger partial charge in [-0.05, 0) is 18.6 Å². The van der Waals surface area contributed by atoms with Crippen LogP contribution >= 0.6 is 0 Å². The summed E-state index contributed by atoms with van der Waals surface area (Å²) in [5.74, 6) is -6.10. The summed E-state index contributed by atoms with van der Waals surface area (Å²) in [6.45, 7) is -0.160. The van der Waals surface area contributed by atoms with Gasteiger partial charge in [0, 0.05) is 18.7 Å². The number of carboxylic acid groups (broad SMARTS) is 1. The molecule has 2 rings (SSSR count). The Morgan fingerprint density at radius 3 is 2.57 bits per heavy atom. The highest BCUT2D eigenvalue weighted by atomic mass is 19.2. The minimum atomic E-state index is -1.71. The molecule has 0 atom stereocenters. The lowest BCUT2D eigenvalue weighted by Gasteiger charge is -2.08. The van der Waals surface area contributed by atoms with Gasteiger partial charge in [0.1, 0.15) is 5.69 Å². The van der Waals surface area contributed by atoms with Crippen LogP contribution in [0.3, 0.4) is 0 Å².